The number of hydrogen-bond acceptors (Lipinski definition) is 4. The van der Waals surface area contributed by atoms with Gasteiger partial charge in [-0.05, 0) is 29.9 Å². The minimum absolute atomic E-state index is 0.0372. The SMILES string of the molecule is O=C(O)C(Cc1ccccc1O)N1C(=O)C2C3C=CC(C3)C2C1=O. The second kappa shape index (κ2) is 5.19. The number of benzene rings is 1. The van der Waals surface area contributed by atoms with Crippen molar-refractivity contribution in [2.24, 2.45) is 23.7 Å². The van der Waals surface area contributed by atoms with Crippen molar-refractivity contribution in [2.75, 3.05) is 0 Å². The van der Waals surface area contributed by atoms with Gasteiger partial charge in [0.05, 0.1) is 11.8 Å². The minimum Gasteiger partial charge on any atom is -0.508 e. The molecule has 0 spiro atoms. The standard InChI is InChI=1S/C18H17NO5/c20-13-4-2-1-3-9(13)8-12(18(23)24)19-16(21)14-10-5-6-11(7-10)15(14)17(19)22/h1-6,10-12,14-15,20H,7-8H2,(H,23,24). The topological polar surface area (TPSA) is 94.9 Å². The third-order valence-electron chi connectivity index (χ3n) is 5.51. The van der Waals surface area contributed by atoms with Crippen LogP contribution >= 0.6 is 0 Å². The zero-order valence-corrected chi connectivity index (χ0v) is 12.8. The highest BCUT2D eigenvalue weighted by Gasteiger charge is 2.61. The van der Waals surface area contributed by atoms with E-state index < -0.39 is 23.8 Å². The number of phenolic OH excluding ortho intramolecular Hbond substituents is 1. The van der Waals surface area contributed by atoms with E-state index in [2.05, 4.69) is 0 Å². The molecule has 2 amide bonds. The molecule has 4 rings (SSSR count). The number of hydrogen-bond donors (Lipinski definition) is 2. The van der Waals surface area contributed by atoms with E-state index in [1.165, 1.54) is 6.07 Å². The van der Waals surface area contributed by atoms with Crippen molar-refractivity contribution in [3.05, 3.63) is 42.0 Å². The van der Waals surface area contributed by atoms with Crippen LogP contribution in [0.15, 0.2) is 36.4 Å². The number of likely N-dealkylation sites (tertiary alicyclic amines) is 1. The molecule has 6 heteroatoms. The molecule has 0 radical (unpaired) electrons. The van der Waals surface area contributed by atoms with E-state index in [1.54, 1.807) is 18.2 Å². The van der Waals surface area contributed by atoms with E-state index in [1.807, 2.05) is 12.2 Å². The third-order valence-corrected chi connectivity index (χ3v) is 5.51. The van der Waals surface area contributed by atoms with Crippen LogP contribution in [-0.4, -0.2) is 38.9 Å². The van der Waals surface area contributed by atoms with Crippen LogP contribution in [0.2, 0.25) is 0 Å². The number of aliphatic carboxylic acids is 1. The van der Waals surface area contributed by atoms with Gasteiger partial charge >= 0.3 is 5.97 Å². The van der Waals surface area contributed by atoms with Crippen LogP contribution in [0.5, 0.6) is 5.75 Å². The van der Waals surface area contributed by atoms with Crippen molar-refractivity contribution in [3.8, 4) is 5.75 Å². The third kappa shape index (κ3) is 1.99. The maximum Gasteiger partial charge on any atom is 0.327 e. The molecule has 24 heavy (non-hydrogen) atoms. The van der Waals surface area contributed by atoms with Gasteiger partial charge in [0.25, 0.3) is 0 Å². The molecule has 2 fully saturated rings. The zero-order valence-electron chi connectivity index (χ0n) is 12.8. The molecule has 0 aromatic heterocycles. The molecule has 2 bridgehead atoms. The summed E-state index contributed by atoms with van der Waals surface area (Å²) in [6.45, 7) is 0. The van der Waals surface area contributed by atoms with Crippen molar-refractivity contribution in [2.45, 2.75) is 18.9 Å². The van der Waals surface area contributed by atoms with Crippen LogP contribution in [0.4, 0.5) is 0 Å². The smallest absolute Gasteiger partial charge is 0.327 e. The molecule has 2 aliphatic carbocycles. The maximum absolute atomic E-state index is 12.8. The van der Waals surface area contributed by atoms with Crippen LogP contribution in [0.3, 0.4) is 0 Å². The van der Waals surface area contributed by atoms with Gasteiger partial charge in [0, 0.05) is 6.42 Å². The quantitative estimate of drug-likeness (QED) is 0.640. The van der Waals surface area contributed by atoms with Gasteiger partial charge in [0.1, 0.15) is 11.8 Å². The first-order valence-corrected chi connectivity index (χ1v) is 8.04. The molecule has 1 aromatic rings. The number of nitrogens with zero attached hydrogens (tertiary/aromatic N) is 1. The number of amides is 2. The fourth-order valence-electron chi connectivity index (χ4n) is 4.41. The van der Waals surface area contributed by atoms with Crippen molar-refractivity contribution in [1.29, 1.82) is 0 Å². The van der Waals surface area contributed by atoms with Crippen molar-refractivity contribution < 1.29 is 24.6 Å². The number of carboxylic acids is 1. The summed E-state index contributed by atoms with van der Waals surface area (Å²) in [7, 11) is 0. The number of carbonyl (C=O) groups excluding carboxylic acids is 2. The Kier molecular flexibility index (Phi) is 3.23. The van der Waals surface area contributed by atoms with E-state index in [-0.39, 0.29) is 35.8 Å². The second-order valence-corrected chi connectivity index (χ2v) is 6.73. The van der Waals surface area contributed by atoms with Gasteiger partial charge < -0.3 is 10.2 Å². The Labute approximate surface area is 138 Å². The number of carbonyl (C=O) groups is 3. The van der Waals surface area contributed by atoms with Crippen LogP contribution in [0.25, 0.3) is 0 Å². The number of aromatic hydroxyl groups is 1. The molecular formula is C18H17NO5. The predicted molar refractivity (Wildman–Crippen MR) is 82.8 cm³/mol. The molecule has 5 unspecified atom stereocenters. The lowest BCUT2D eigenvalue weighted by molar-refractivity contribution is -0.155. The molecule has 1 saturated carbocycles. The highest BCUT2D eigenvalue weighted by Crippen LogP contribution is 2.53. The van der Waals surface area contributed by atoms with Crippen LogP contribution < -0.4 is 0 Å². The number of carboxylic acid groups (broad SMARTS) is 1. The summed E-state index contributed by atoms with van der Waals surface area (Å²) >= 11 is 0. The van der Waals surface area contributed by atoms with E-state index in [0.29, 0.717) is 5.56 Å². The number of phenols is 1. The molecule has 1 aliphatic heterocycles. The average Bonchev–Trinajstić information content (AvgIpc) is 3.21. The monoisotopic (exact) mass is 327 g/mol. The molecule has 6 nitrogen and oxygen atoms in total. The molecule has 1 aromatic carbocycles. The average molecular weight is 327 g/mol. The van der Waals surface area contributed by atoms with Gasteiger partial charge in [0.2, 0.25) is 11.8 Å². The van der Waals surface area contributed by atoms with Gasteiger partial charge in [-0.2, -0.15) is 0 Å². The van der Waals surface area contributed by atoms with Gasteiger partial charge in [0.15, 0.2) is 0 Å². The predicted octanol–water partition coefficient (Wildman–Crippen LogP) is 1.20. The van der Waals surface area contributed by atoms with Gasteiger partial charge in [-0.1, -0.05) is 30.4 Å². The zero-order chi connectivity index (χ0) is 17.0. The van der Waals surface area contributed by atoms with E-state index in [4.69, 9.17) is 0 Å². The van der Waals surface area contributed by atoms with Crippen LogP contribution in [0, 0.1) is 23.7 Å². The van der Waals surface area contributed by atoms with Crippen molar-refractivity contribution >= 4 is 17.8 Å². The Balaban J connectivity index is 1.65. The first-order chi connectivity index (χ1) is 11.5. The van der Waals surface area contributed by atoms with Gasteiger partial charge in [-0.15, -0.1) is 0 Å². The summed E-state index contributed by atoms with van der Waals surface area (Å²) in [5.41, 5.74) is 0.406. The molecule has 3 aliphatic rings. The number of imide groups is 1. The van der Waals surface area contributed by atoms with Gasteiger partial charge in [-0.25, -0.2) is 4.79 Å². The molecule has 1 saturated heterocycles. The Bertz CT molecular complexity index is 740. The summed E-state index contributed by atoms with van der Waals surface area (Å²) < 4.78 is 0. The molecule has 2 N–H and O–H groups in total. The largest absolute Gasteiger partial charge is 0.508 e. The van der Waals surface area contributed by atoms with E-state index in [9.17, 15) is 24.6 Å². The maximum atomic E-state index is 12.8. The lowest BCUT2D eigenvalue weighted by atomic mass is 9.85. The highest BCUT2D eigenvalue weighted by atomic mass is 16.4. The summed E-state index contributed by atoms with van der Waals surface area (Å²) in [5.74, 6) is -2.79. The number of para-hydroxylation sites is 1. The van der Waals surface area contributed by atoms with E-state index >= 15 is 0 Å². The Morgan fingerprint density at radius 2 is 1.71 bits per heavy atom. The van der Waals surface area contributed by atoms with Crippen molar-refractivity contribution in [3.63, 3.8) is 0 Å². The van der Waals surface area contributed by atoms with Crippen molar-refractivity contribution in [1.82, 2.24) is 4.90 Å². The fraction of sp³-hybridized carbons (Fsp3) is 0.389. The normalized spacial score (nSPS) is 31.6. The van der Waals surface area contributed by atoms with Crippen LogP contribution in [0.1, 0.15) is 12.0 Å². The van der Waals surface area contributed by atoms with Crippen LogP contribution in [-0.2, 0) is 20.8 Å². The lowest BCUT2D eigenvalue weighted by Gasteiger charge is -2.24. The minimum atomic E-state index is -1.29. The highest BCUT2D eigenvalue weighted by molar-refractivity contribution is 6.08. The first-order valence-electron chi connectivity index (χ1n) is 8.04. The Morgan fingerprint density at radius 1 is 1.12 bits per heavy atom. The first kappa shape index (κ1) is 14.9. The summed E-state index contributed by atoms with van der Waals surface area (Å²) in [4.78, 5) is 38.2. The summed E-state index contributed by atoms with van der Waals surface area (Å²) in [5, 5.41) is 19.5. The second-order valence-electron chi connectivity index (χ2n) is 6.73. The Morgan fingerprint density at radius 3 is 2.25 bits per heavy atom. The van der Waals surface area contributed by atoms with E-state index in [0.717, 1.165) is 11.3 Å². The fourth-order valence-corrected chi connectivity index (χ4v) is 4.41. The molecule has 1 heterocycles. The molecular weight excluding hydrogens is 310 g/mol. The van der Waals surface area contributed by atoms with Gasteiger partial charge in [-0.3, -0.25) is 14.5 Å². The number of allylic oxidation sites excluding steroid dienone is 2. The number of rotatable bonds is 4. The molecule has 5 atom stereocenters. The summed E-state index contributed by atoms with van der Waals surface area (Å²) in [6.07, 6.45) is 4.65. The lowest BCUT2D eigenvalue weighted by Crippen LogP contribution is -2.47. The summed E-state index contributed by atoms with van der Waals surface area (Å²) in [6, 6.07) is 5.08. The Hall–Kier alpha value is -2.63. The number of fused-ring (bicyclic) bond motifs is 5. The molecule has 124 valence electrons.